The summed E-state index contributed by atoms with van der Waals surface area (Å²) >= 11 is 6.70. The molecule has 0 aromatic heterocycles. The third-order valence-corrected chi connectivity index (χ3v) is 9.32. The fourth-order valence-electron chi connectivity index (χ4n) is 6.34. The minimum atomic E-state index is -0.384. The normalized spacial score (nSPS) is 15.2. The van der Waals surface area contributed by atoms with Crippen molar-refractivity contribution in [2.45, 2.75) is 20.3 Å². The van der Waals surface area contributed by atoms with E-state index in [0.717, 1.165) is 35.3 Å². The van der Waals surface area contributed by atoms with Crippen molar-refractivity contribution in [1.82, 2.24) is 9.80 Å². The van der Waals surface area contributed by atoms with Crippen molar-refractivity contribution < 1.29 is 19.2 Å². The van der Waals surface area contributed by atoms with E-state index in [9.17, 15) is 19.2 Å². The second-order valence-corrected chi connectivity index (χ2v) is 12.8. The molecule has 1 saturated heterocycles. The maximum Gasteiger partial charge on any atom is 0.259 e. The number of para-hydroxylation sites is 2. The molecule has 0 spiro atoms. The molecule has 6 rings (SSSR count). The van der Waals surface area contributed by atoms with Crippen LogP contribution in [0.5, 0.6) is 0 Å². The van der Waals surface area contributed by atoms with Crippen LogP contribution in [0, 0.1) is 13.8 Å². The van der Waals surface area contributed by atoms with Gasteiger partial charge in [0.25, 0.3) is 11.8 Å². The number of likely N-dealkylation sites (N-methyl/N-ethyl adjacent to an activating group) is 1. The topological polar surface area (TPSA) is 93.3 Å². The molecule has 4 amide bonds. The number of rotatable bonds is 6. The Labute approximate surface area is 285 Å². The van der Waals surface area contributed by atoms with E-state index in [4.69, 9.17) is 11.6 Å². The number of nitrogens with one attached hydrogen (secondary N) is 1. The highest BCUT2D eigenvalue weighted by molar-refractivity contribution is 6.35. The van der Waals surface area contributed by atoms with E-state index in [2.05, 4.69) is 16.3 Å². The van der Waals surface area contributed by atoms with Crippen molar-refractivity contribution in [3.05, 3.63) is 112 Å². The van der Waals surface area contributed by atoms with Crippen LogP contribution in [0.2, 0.25) is 5.02 Å². The Bertz CT molecular complexity index is 1900. The van der Waals surface area contributed by atoms with E-state index < -0.39 is 0 Å². The molecule has 2 heterocycles. The summed E-state index contributed by atoms with van der Waals surface area (Å²) in [5.41, 5.74) is 6.22. The lowest BCUT2D eigenvalue weighted by molar-refractivity contribution is -0.132. The van der Waals surface area contributed by atoms with Gasteiger partial charge in [-0.25, -0.2) is 0 Å². The number of hydrogen-bond donors (Lipinski definition) is 1. The molecular weight excluding hydrogens is 626 g/mol. The van der Waals surface area contributed by atoms with E-state index in [1.54, 1.807) is 53.4 Å². The summed E-state index contributed by atoms with van der Waals surface area (Å²) in [4.78, 5) is 61.1. The molecule has 0 radical (unpaired) electrons. The standard InChI is InChI=1S/C38H38ClN5O4/c1-25-12-14-28(26(2)22-25)29-8-4-5-9-30(29)37(47)40-27-13-15-31(32(39)23-27)38(48)43-17-16-35(45)44(34-11-7-6-10-33(34)43)24-36(46)42-20-18-41(3)19-21-42/h4-15,22-23H,16-21,24H2,1-3H3,(H,40,47). The Morgan fingerprint density at radius 2 is 1.48 bits per heavy atom. The van der Waals surface area contributed by atoms with Crippen LogP contribution in [0.15, 0.2) is 84.9 Å². The zero-order valence-corrected chi connectivity index (χ0v) is 28.1. The van der Waals surface area contributed by atoms with Crippen LogP contribution < -0.4 is 15.1 Å². The number of amides is 4. The highest BCUT2D eigenvalue weighted by Gasteiger charge is 2.33. The molecule has 0 bridgehead atoms. The first-order valence-corrected chi connectivity index (χ1v) is 16.4. The lowest BCUT2D eigenvalue weighted by Crippen LogP contribution is -2.50. The molecule has 4 aromatic carbocycles. The van der Waals surface area contributed by atoms with Gasteiger partial charge in [-0.1, -0.05) is 65.7 Å². The van der Waals surface area contributed by atoms with Crippen molar-refractivity contribution in [3.8, 4) is 11.1 Å². The minimum Gasteiger partial charge on any atom is -0.339 e. The SMILES string of the molecule is Cc1ccc(-c2ccccc2C(=O)Nc2ccc(C(=O)N3CCC(=O)N(CC(=O)N4CCN(C)CC4)c4ccccc43)c(Cl)c2)c(C)c1. The summed E-state index contributed by atoms with van der Waals surface area (Å²) in [6.45, 7) is 6.86. The Morgan fingerprint density at radius 3 is 2.21 bits per heavy atom. The number of halogens is 1. The summed E-state index contributed by atoms with van der Waals surface area (Å²) in [6.07, 6.45) is 0.0437. The molecule has 0 atom stereocenters. The summed E-state index contributed by atoms with van der Waals surface area (Å²) in [5.74, 6) is -1.04. The molecule has 9 nitrogen and oxygen atoms in total. The summed E-state index contributed by atoms with van der Waals surface area (Å²) in [6, 6.07) is 25.5. The number of carbonyl (C=O) groups excluding carboxylic acids is 4. The van der Waals surface area contributed by atoms with Crippen molar-refractivity contribution >= 4 is 52.3 Å². The average molecular weight is 664 g/mol. The van der Waals surface area contributed by atoms with Crippen LogP contribution in [0.1, 0.15) is 38.3 Å². The zero-order chi connectivity index (χ0) is 33.9. The first-order chi connectivity index (χ1) is 23.1. The highest BCUT2D eigenvalue weighted by atomic mass is 35.5. The van der Waals surface area contributed by atoms with E-state index in [-0.39, 0.29) is 53.7 Å². The third-order valence-electron chi connectivity index (χ3n) is 9.01. The highest BCUT2D eigenvalue weighted by Crippen LogP contribution is 2.35. The van der Waals surface area contributed by atoms with E-state index in [1.807, 2.05) is 51.2 Å². The van der Waals surface area contributed by atoms with Gasteiger partial charge in [0.15, 0.2) is 0 Å². The van der Waals surface area contributed by atoms with Crippen LogP contribution in [0.4, 0.5) is 17.1 Å². The molecule has 4 aromatic rings. The molecule has 1 N–H and O–H groups in total. The van der Waals surface area contributed by atoms with Gasteiger partial charge in [0.2, 0.25) is 11.8 Å². The number of benzene rings is 4. The minimum absolute atomic E-state index is 0.0437. The lowest BCUT2D eigenvalue weighted by Gasteiger charge is -2.34. The smallest absolute Gasteiger partial charge is 0.259 e. The third kappa shape index (κ3) is 6.83. The van der Waals surface area contributed by atoms with Crippen molar-refractivity contribution in [2.75, 3.05) is 61.4 Å². The van der Waals surface area contributed by atoms with Crippen molar-refractivity contribution in [1.29, 1.82) is 0 Å². The Morgan fingerprint density at radius 1 is 0.771 bits per heavy atom. The maximum absolute atomic E-state index is 14.0. The monoisotopic (exact) mass is 663 g/mol. The summed E-state index contributed by atoms with van der Waals surface area (Å²) in [5, 5.41) is 3.10. The molecule has 0 aliphatic carbocycles. The van der Waals surface area contributed by atoms with E-state index in [1.165, 1.54) is 9.80 Å². The second kappa shape index (κ2) is 14.0. The van der Waals surface area contributed by atoms with Gasteiger partial charge in [-0.3, -0.25) is 19.2 Å². The molecule has 2 aliphatic heterocycles. The van der Waals surface area contributed by atoms with E-state index >= 15 is 0 Å². The largest absolute Gasteiger partial charge is 0.339 e. The van der Waals surface area contributed by atoms with Crippen LogP contribution in [0.3, 0.4) is 0 Å². The van der Waals surface area contributed by atoms with Crippen LogP contribution in [-0.4, -0.2) is 79.7 Å². The Kier molecular flexibility index (Phi) is 9.61. The van der Waals surface area contributed by atoms with Gasteiger partial charge in [-0.05, 0) is 74.0 Å². The molecule has 0 saturated carbocycles. The fourth-order valence-corrected chi connectivity index (χ4v) is 6.60. The van der Waals surface area contributed by atoms with Gasteiger partial charge in [0, 0.05) is 50.4 Å². The van der Waals surface area contributed by atoms with Crippen molar-refractivity contribution in [2.24, 2.45) is 0 Å². The Hall–Kier alpha value is -4.99. The number of piperazine rings is 1. The number of nitrogens with zero attached hydrogens (tertiary/aromatic N) is 4. The molecule has 0 unspecified atom stereocenters. The first-order valence-electron chi connectivity index (χ1n) is 16.1. The predicted octanol–water partition coefficient (Wildman–Crippen LogP) is 6.03. The molecule has 246 valence electrons. The maximum atomic E-state index is 14.0. The number of aryl methyl sites for hydroxylation is 2. The number of hydrogen-bond acceptors (Lipinski definition) is 5. The predicted molar refractivity (Wildman–Crippen MR) is 190 cm³/mol. The molecule has 10 heteroatoms. The number of carbonyl (C=O) groups is 4. The quantitative estimate of drug-likeness (QED) is 0.272. The zero-order valence-electron chi connectivity index (χ0n) is 27.3. The molecule has 1 fully saturated rings. The average Bonchev–Trinajstić information content (AvgIpc) is 3.21. The number of anilines is 3. The van der Waals surface area contributed by atoms with Crippen molar-refractivity contribution in [3.63, 3.8) is 0 Å². The van der Waals surface area contributed by atoms with Gasteiger partial charge < -0.3 is 24.9 Å². The molecular formula is C38H38ClN5O4. The van der Waals surface area contributed by atoms with Crippen LogP contribution in [0.25, 0.3) is 11.1 Å². The lowest BCUT2D eigenvalue weighted by atomic mass is 9.94. The summed E-state index contributed by atoms with van der Waals surface area (Å²) < 4.78 is 0. The van der Waals surface area contributed by atoms with Gasteiger partial charge in [-0.2, -0.15) is 0 Å². The van der Waals surface area contributed by atoms with Gasteiger partial charge >= 0.3 is 0 Å². The van der Waals surface area contributed by atoms with Crippen LogP contribution in [-0.2, 0) is 9.59 Å². The summed E-state index contributed by atoms with van der Waals surface area (Å²) in [7, 11) is 2.02. The van der Waals surface area contributed by atoms with Crippen LogP contribution >= 0.6 is 11.6 Å². The fraction of sp³-hybridized carbons (Fsp3) is 0.263. The molecule has 2 aliphatic rings. The Balaban J connectivity index is 1.21. The van der Waals surface area contributed by atoms with Gasteiger partial charge in [0.05, 0.1) is 22.0 Å². The number of fused-ring (bicyclic) bond motifs is 1. The second-order valence-electron chi connectivity index (χ2n) is 12.4. The van der Waals surface area contributed by atoms with Gasteiger partial charge in [0.1, 0.15) is 6.54 Å². The van der Waals surface area contributed by atoms with Gasteiger partial charge in [-0.15, -0.1) is 0 Å². The first kappa shape index (κ1) is 32.9. The van der Waals surface area contributed by atoms with E-state index in [0.29, 0.717) is 35.7 Å². The molecule has 48 heavy (non-hydrogen) atoms.